The first-order valence-corrected chi connectivity index (χ1v) is 9.55. The van der Waals surface area contributed by atoms with Crippen molar-refractivity contribution in [3.05, 3.63) is 81.8 Å². The second-order valence-corrected chi connectivity index (χ2v) is 7.65. The number of nitrogens with zero attached hydrogens (tertiary/aromatic N) is 2. The minimum Gasteiger partial charge on any atom is -0.351 e. The number of hydrogen-bond donors (Lipinski definition) is 1. The van der Waals surface area contributed by atoms with Gasteiger partial charge in [0.05, 0.1) is 17.8 Å². The highest BCUT2D eigenvalue weighted by molar-refractivity contribution is 7.80. The third-order valence-electron chi connectivity index (χ3n) is 4.70. The number of rotatable bonds is 3. The van der Waals surface area contributed by atoms with Crippen molar-refractivity contribution in [2.24, 2.45) is 0 Å². The molecular formula is C20H19N3S2. The van der Waals surface area contributed by atoms with Gasteiger partial charge in [-0.2, -0.15) is 0 Å². The molecule has 4 rings (SSSR count). The van der Waals surface area contributed by atoms with Crippen LogP contribution in [-0.4, -0.2) is 10.1 Å². The Hall–Kier alpha value is -2.24. The van der Waals surface area contributed by atoms with Gasteiger partial charge in [0, 0.05) is 16.8 Å². The van der Waals surface area contributed by atoms with Gasteiger partial charge >= 0.3 is 0 Å². The van der Waals surface area contributed by atoms with Crippen LogP contribution < -0.4 is 10.2 Å². The third kappa shape index (κ3) is 2.94. The fourth-order valence-electron chi connectivity index (χ4n) is 3.26. The molecule has 0 aliphatic carbocycles. The highest BCUT2D eigenvalue weighted by atomic mass is 32.1. The molecule has 3 aromatic rings. The number of pyridine rings is 1. The zero-order valence-corrected chi connectivity index (χ0v) is 15.8. The molecule has 0 saturated carbocycles. The van der Waals surface area contributed by atoms with E-state index in [0.717, 1.165) is 16.5 Å². The molecule has 1 aromatic carbocycles. The molecule has 3 heterocycles. The van der Waals surface area contributed by atoms with Gasteiger partial charge < -0.3 is 10.2 Å². The molecule has 3 nitrogen and oxygen atoms in total. The fourth-order valence-corrected chi connectivity index (χ4v) is 4.46. The lowest BCUT2D eigenvalue weighted by atomic mass is 10.0. The van der Waals surface area contributed by atoms with Crippen LogP contribution in [0, 0.1) is 13.8 Å². The normalized spacial score (nSPS) is 19.9. The predicted molar refractivity (Wildman–Crippen MR) is 108 cm³/mol. The van der Waals surface area contributed by atoms with Gasteiger partial charge in [0.15, 0.2) is 5.11 Å². The van der Waals surface area contributed by atoms with Crippen LogP contribution in [0.15, 0.2) is 60.1 Å². The van der Waals surface area contributed by atoms with Crippen molar-refractivity contribution < 1.29 is 0 Å². The number of nitrogens with one attached hydrogen (secondary N) is 1. The summed E-state index contributed by atoms with van der Waals surface area (Å²) in [7, 11) is 0. The lowest BCUT2D eigenvalue weighted by Crippen LogP contribution is -2.29. The minimum absolute atomic E-state index is 0.0361. The second-order valence-electron chi connectivity index (χ2n) is 6.28. The van der Waals surface area contributed by atoms with Gasteiger partial charge in [0.2, 0.25) is 0 Å². The molecule has 25 heavy (non-hydrogen) atoms. The molecular weight excluding hydrogens is 346 g/mol. The van der Waals surface area contributed by atoms with E-state index in [2.05, 4.69) is 70.8 Å². The molecule has 0 bridgehead atoms. The van der Waals surface area contributed by atoms with Crippen molar-refractivity contribution in [1.29, 1.82) is 0 Å². The highest BCUT2D eigenvalue weighted by Crippen LogP contribution is 2.43. The van der Waals surface area contributed by atoms with Gasteiger partial charge in [-0.05, 0) is 72.9 Å². The molecule has 1 N–H and O–H groups in total. The van der Waals surface area contributed by atoms with E-state index in [0.29, 0.717) is 0 Å². The molecule has 0 radical (unpaired) electrons. The summed E-state index contributed by atoms with van der Waals surface area (Å²) in [5.74, 6) is 0. The van der Waals surface area contributed by atoms with Crippen LogP contribution in [0.5, 0.6) is 0 Å². The smallest absolute Gasteiger partial charge is 0.174 e. The van der Waals surface area contributed by atoms with E-state index < -0.39 is 0 Å². The number of anilines is 1. The minimum atomic E-state index is 0.0361. The van der Waals surface area contributed by atoms with Gasteiger partial charge in [-0.1, -0.05) is 18.2 Å². The maximum Gasteiger partial charge on any atom is 0.174 e. The maximum atomic E-state index is 5.72. The van der Waals surface area contributed by atoms with Crippen molar-refractivity contribution in [3.8, 4) is 0 Å². The van der Waals surface area contributed by atoms with Crippen LogP contribution in [0.4, 0.5) is 5.69 Å². The zero-order chi connectivity index (χ0) is 17.4. The molecule has 2 atom stereocenters. The van der Waals surface area contributed by atoms with Gasteiger partial charge in [0.25, 0.3) is 0 Å². The number of benzene rings is 1. The number of thiocarbonyl (C=S) groups is 1. The van der Waals surface area contributed by atoms with Crippen LogP contribution in [0.2, 0.25) is 0 Å². The number of hydrogen-bond acceptors (Lipinski definition) is 3. The number of aromatic nitrogens is 1. The van der Waals surface area contributed by atoms with E-state index in [4.69, 9.17) is 12.2 Å². The summed E-state index contributed by atoms with van der Waals surface area (Å²) in [6, 6.07) is 17.0. The summed E-state index contributed by atoms with van der Waals surface area (Å²) < 4.78 is 0. The average molecular weight is 366 g/mol. The topological polar surface area (TPSA) is 28.2 Å². The molecule has 1 saturated heterocycles. The van der Waals surface area contributed by atoms with E-state index in [1.54, 1.807) is 11.3 Å². The van der Waals surface area contributed by atoms with E-state index in [1.807, 2.05) is 18.3 Å². The molecule has 1 aliphatic rings. The second kappa shape index (κ2) is 6.58. The fraction of sp³-hybridized carbons (Fsp3) is 0.200. The average Bonchev–Trinajstić information content (AvgIpc) is 3.25. The Kier molecular flexibility index (Phi) is 4.27. The Morgan fingerprint density at radius 2 is 1.96 bits per heavy atom. The molecule has 0 unspecified atom stereocenters. The van der Waals surface area contributed by atoms with Crippen molar-refractivity contribution in [2.75, 3.05) is 4.90 Å². The summed E-state index contributed by atoms with van der Waals surface area (Å²) in [5, 5.41) is 6.36. The van der Waals surface area contributed by atoms with Crippen molar-refractivity contribution >= 4 is 34.4 Å². The summed E-state index contributed by atoms with van der Waals surface area (Å²) in [5.41, 5.74) is 4.69. The summed E-state index contributed by atoms with van der Waals surface area (Å²) in [6.07, 6.45) is 1.84. The van der Waals surface area contributed by atoms with Gasteiger partial charge in [0.1, 0.15) is 0 Å². The molecule has 126 valence electrons. The van der Waals surface area contributed by atoms with Crippen molar-refractivity contribution in [3.63, 3.8) is 0 Å². The summed E-state index contributed by atoms with van der Waals surface area (Å²) >= 11 is 7.48. The van der Waals surface area contributed by atoms with Gasteiger partial charge in [-0.15, -0.1) is 11.3 Å². The zero-order valence-electron chi connectivity index (χ0n) is 14.1. The molecule has 1 fully saturated rings. The first-order chi connectivity index (χ1) is 12.1. The SMILES string of the molecule is Cc1ccc(N2C(=S)N[C@H](c3ccccn3)[C@@H]2c2cccs2)cc1C. The lowest BCUT2D eigenvalue weighted by Gasteiger charge is -2.27. The molecule has 1 aliphatic heterocycles. The summed E-state index contributed by atoms with van der Waals surface area (Å²) in [6.45, 7) is 4.27. The van der Waals surface area contributed by atoms with Crippen LogP contribution in [0.25, 0.3) is 0 Å². The Morgan fingerprint density at radius 3 is 2.64 bits per heavy atom. The predicted octanol–water partition coefficient (Wildman–Crippen LogP) is 4.94. The maximum absolute atomic E-state index is 5.72. The number of aryl methyl sites for hydroxylation is 2. The Bertz CT molecular complexity index is 891. The van der Waals surface area contributed by atoms with Gasteiger partial charge in [-0.3, -0.25) is 4.98 Å². The van der Waals surface area contributed by atoms with Crippen molar-refractivity contribution in [1.82, 2.24) is 10.3 Å². The monoisotopic (exact) mass is 365 g/mol. The van der Waals surface area contributed by atoms with E-state index in [1.165, 1.54) is 16.0 Å². The van der Waals surface area contributed by atoms with Crippen molar-refractivity contribution in [2.45, 2.75) is 25.9 Å². The number of thiophene rings is 1. The molecule has 0 amide bonds. The molecule has 2 aromatic heterocycles. The van der Waals surface area contributed by atoms with Crippen LogP contribution in [0.1, 0.15) is 33.8 Å². The van der Waals surface area contributed by atoms with Crippen LogP contribution in [0.3, 0.4) is 0 Å². The molecule has 0 spiro atoms. The third-order valence-corrected chi connectivity index (χ3v) is 5.96. The summed E-state index contributed by atoms with van der Waals surface area (Å²) in [4.78, 5) is 8.08. The Labute approximate surface area is 157 Å². The van der Waals surface area contributed by atoms with Gasteiger partial charge in [-0.25, -0.2) is 0 Å². The van der Waals surface area contributed by atoms with Crippen LogP contribution >= 0.6 is 23.6 Å². The molecule has 5 heteroatoms. The quantitative estimate of drug-likeness (QED) is 0.666. The van der Waals surface area contributed by atoms with Crippen LogP contribution in [-0.2, 0) is 0 Å². The first-order valence-electron chi connectivity index (χ1n) is 8.26. The standard InChI is InChI=1S/C20H19N3S2/c1-13-8-9-15(12-14(13)2)23-19(17-7-5-11-25-17)18(22-20(23)24)16-6-3-4-10-21-16/h3-12,18-19H,1-2H3,(H,22,24)/t18-,19+/m1/s1. The largest absolute Gasteiger partial charge is 0.351 e. The highest BCUT2D eigenvalue weighted by Gasteiger charge is 2.41. The first kappa shape index (κ1) is 16.2. The van der Waals surface area contributed by atoms with E-state index in [9.17, 15) is 0 Å². The Morgan fingerprint density at radius 1 is 1.08 bits per heavy atom. The van der Waals surface area contributed by atoms with E-state index in [-0.39, 0.29) is 12.1 Å². The Balaban J connectivity index is 1.82. The lowest BCUT2D eigenvalue weighted by molar-refractivity contribution is 0.575. The van der Waals surface area contributed by atoms with E-state index >= 15 is 0 Å².